The van der Waals surface area contributed by atoms with E-state index in [-0.39, 0.29) is 29.6 Å². The second-order valence-electron chi connectivity index (χ2n) is 4.41. The predicted molar refractivity (Wildman–Crippen MR) is 74.2 cm³/mol. The maximum absolute atomic E-state index is 11.8. The first-order chi connectivity index (χ1) is 8.90. The number of rotatable bonds is 6. The van der Waals surface area contributed by atoms with Crippen molar-refractivity contribution in [1.29, 1.82) is 0 Å². The van der Waals surface area contributed by atoms with Crippen LogP contribution in [-0.2, 0) is 4.79 Å². The second kappa shape index (κ2) is 7.13. The Hall–Kier alpha value is -1.56. The Morgan fingerprint density at radius 2 is 2.11 bits per heavy atom. The highest BCUT2D eigenvalue weighted by molar-refractivity contribution is 9.10. The lowest BCUT2D eigenvalue weighted by Gasteiger charge is -2.12. The normalized spacial score (nSPS) is 11.9. The van der Waals surface area contributed by atoms with Crippen molar-refractivity contribution in [3.8, 4) is 5.75 Å². The average Bonchev–Trinajstić information content (AvgIpc) is 2.33. The zero-order chi connectivity index (χ0) is 14.4. The molecule has 6 heteroatoms. The molecule has 104 valence electrons. The number of aliphatic carboxylic acids is 1. The first-order valence-corrected chi connectivity index (χ1v) is 6.68. The first kappa shape index (κ1) is 15.5. The molecule has 1 amide bonds. The van der Waals surface area contributed by atoms with Crippen molar-refractivity contribution in [3.05, 3.63) is 28.2 Å². The van der Waals surface area contributed by atoms with Crippen LogP contribution in [0.3, 0.4) is 0 Å². The fourth-order valence-corrected chi connectivity index (χ4v) is 1.88. The van der Waals surface area contributed by atoms with Crippen LogP contribution in [-0.4, -0.2) is 28.6 Å². The van der Waals surface area contributed by atoms with Gasteiger partial charge in [-0.3, -0.25) is 9.59 Å². The molecule has 0 aliphatic heterocycles. The number of hydrogen-bond acceptors (Lipinski definition) is 3. The highest BCUT2D eigenvalue weighted by atomic mass is 79.9. The number of amides is 1. The molecule has 1 atom stereocenters. The van der Waals surface area contributed by atoms with Crippen molar-refractivity contribution in [2.75, 3.05) is 6.54 Å². The standard InChI is InChI=1S/C13H16BrNO4/c1-8(2-5-12(17)18)7-15-13(19)10-4-3-9(14)6-11(10)16/h3-4,6,8,16H,2,5,7H2,1H3,(H,15,19)(H,17,18). The zero-order valence-electron chi connectivity index (χ0n) is 10.5. The van der Waals surface area contributed by atoms with Crippen LogP contribution < -0.4 is 5.32 Å². The molecule has 0 aromatic heterocycles. The van der Waals surface area contributed by atoms with Gasteiger partial charge in [-0.15, -0.1) is 0 Å². The number of phenolic OH excluding ortho intramolecular Hbond substituents is 1. The molecule has 0 fully saturated rings. The Kier molecular flexibility index (Phi) is 5.82. The Balaban J connectivity index is 2.49. The summed E-state index contributed by atoms with van der Waals surface area (Å²) in [4.78, 5) is 22.2. The summed E-state index contributed by atoms with van der Waals surface area (Å²) in [5.41, 5.74) is 0.202. The van der Waals surface area contributed by atoms with Gasteiger partial charge in [-0.05, 0) is 30.5 Å². The molecule has 0 aliphatic rings. The highest BCUT2D eigenvalue weighted by Crippen LogP contribution is 2.22. The number of carbonyl (C=O) groups excluding carboxylic acids is 1. The molecule has 1 aromatic rings. The molecule has 5 nitrogen and oxygen atoms in total. The van der Waals surface area contributed by atoms with Gasteiger partial charge in [0.2, 0.25) is 0 Å². The zero-order valence-corrected chi connectivity index (χ0v) is 12.1. The number of hydrogen-bond donors (Lipinski definition) is 3. The molecule has 0 radical (unpaired) electrons. The molecule has 3 N–H and O–H groups in total. The minimum atomic E-state index is -0.844. The summed E-state index contributed by atoms with van der Waals surface area (Å²) in [6, 6.07) is 4.64. The van der Waals surface area contributed by atoms with Gasteiger partial charge in [0.1, 0.15) is 5.75 Å². The van der Waals surface area contributed by atoms with Crippen molar-refractivity contribution in [2.24, 2.45) is 5.92 Å². The summed E-state index contributed by atoms with van der Waals surface area (Å²) < 4.78 is 0.691. The van der Waals surface area contributed by atoms with E-state index in [1.165, 1.54) is 12.1 Å². The smallest absolute Gasteiger partial charge is 0.303 e. The fourth-order valence-electron chi connectivity index (χ4n) is 1.53. The molecule has 0 spiro atoms. The third kappa shape index (κ3) is 5.30. The van der Waals surface area contributed by atoms with Crippen molar-refractivity contribution in [2.45, 2.75) is 19.8 Å². The Labute approximate surface area is 119 Å². The summed E-state index contributed by atoms with van der Waals surface area (Å²) in [5.74, 6) is -1.24. The number of benzene rings is 1. The SMILES string of the molecule is CC(CCC(=O)O)CNC(=O)c1ccc(Br)cc1O. The molecular formula is C13H16BrNO4. The molecule has 0 aliphatic carbocycles. The van der Waals surface area contributed by atoms with Gasteiger partial charge >= 0.3 is 5.97 Å². The van der Waals surface area contributed by atoms with E-state index in [1.54, 1.807) is 6.07 Å². The van der Waals surface area contributed by atoms with Crippen LogP contribution in [0, 0.1) is 5.92 Å². The van der Waals surface area contributed by atoms with Crippen LogP contribution in [0.4, 0.5) is 0 Å². The van der Waals surface area contributed by atoms with E-state index in [4.69, 9.17) is 5.11 Å². The lowest BCUT2D eigenvalue weighted by molar-refractivity contribution is -0.137. The van der Waals surface area contributed by atoms with Gasteiger partial charge in [-0.1, -0.05) is 22.9 Å². The molecule has 0 bridgehead atoms. The van der Waals surface area contributed by atoms with E-state index < -0.39 is 5.97 Å². The molecule has 1 unspecified atom stereocenters. The summed E-state index contributed by atoms with van der Waals surface area (Å²) >= 11 is 3.19. The predicted octanol–water partition coefficient (Wildman–Crippen LogP) is 2.39. The van der Waals surface area contributed by atoms with Gasteiger partial charge in [0.15, 0.2) is 0 Å². The minimum absolute atomic E-state index is 0.0673. The van der Waals surface area contributed by atoms with Gasteiger partial charge in [0.25, 0.3) is 5.91 Å². The number of halogens is 1. The highest BCUT2D eigenvalue weighted by Gasteiger charge is 2.12. The number of phenols is 1. The van der Waals surface area contributed by atoms with E-state index in [9.17, 15) is 14.7 Å². The maximum atomic E-state index is 11.8. The average molecular weight is 330 g/mol. The van der Waals surface area contributed by atoms with Crippen LogP contribution in [0.25, 0.3) is 0 Å². The molecule has 0 saturated heterocycles. The minimum Gasteiger partial charge on any atom is -0.507 e. The van der Waals surface area contributed by atoms with Crippen molar-refractivity contribution in [3.63, 3.8) is 0 Å². The number of carboxylic acids is 1. The van der Waals surface area contributed by atoms with Gasteiger partial charge in [0, 0.05) is 17.4 Å². The number of carboxylic acid groups (broad SMARTS) is 1. The van der Waals surface area contributed by atoms with E-state index >= 15 is 0 Å². The number of nitrogens with one attached hydrogen (secondary N) is 1. The number of aromatic hydroxyl groups is 1. The molecule has 0 heterocycles. The molecule has 1 rings (SSSR count). The van der Waals surface area contributed by atoms with Gasteiger partial charge in [0.05, 0.1) is 5.56 Å². The lowest BCUT2D eigenvalue weighted by Crippen LogP contribution is -2.28. The Morgan fingerprint density at radius 3 is 2.68 bits per heavy atom. The van der Waals surface area contributed by atoms with Crippen LogP contribution in [0.15, 0.2) is 22.7 Å². The Morgan fingerprint density at radius 1 is 1.42 bits per heavy atom. The van der Waals surface area contributed by atoms with Gasteiger partial charge in [-0.25, -0.2) is 0 Å². The Bertz CT molecular complexity index is 476. The van der Waals surface area contributed by atoms with Gasteiger partial charge < -0.3 is 15.5 Å². The lowest BCUT2D eigenvalue weighted by atomic mass is 10.1. The molecular weight excluding hydrogens is 314 g/mol. The maximum Gasteiger partial charge on any atom is 0.303 e. The summed E-state index contributed by atoms with van der Waals surface area (Å²) in [6.45, 7) is 2.24. The van der Waals surface area contributed by atoms with Crippen molar-refractivity contribution < 1.29 is 19.8 Å². The molecule has 1 aromatic carbocycles. The quantitative estimate of drug-likeness (QED) is 0.747. The van der Waals surface area contributed by atoms with Crippen molar-refractivity contribution >= 4 is 27.8 Å². The van der Waals surface area contributed by atoms with E-state index in [1.807, 2.05) is 6.92 Å². The second-order valence-corrected chi connectivity index (χ2v) is 5.32. The molecule has 19 heavy (non-hydrogen) atoms. The van der Waals surface area contributed by atoms with Crippen LogP contribution in [0.5, 0.6) is 5.75 Å². The summed E-state index contributed by atoms with van der Waals surface area (Å²) in [7, 11) is 0. The third-order valence-corrected chi connectivity index (χ3v) is 3.16. The van der Waals surface area contributed by atoms with Crippen LogP contribution in [0.1, 0.15) is 30.1 Å². The molecule has 0 saturated carbocycles. The fraction of sp³-hybridized carbons (Fsp3) is 0.385. The topological polar surface area (TPSA) is 86.6 Å². The van der Waals surface area contributed by atoms with E-state index in [0.717, 1.165) is 0 Å². The number of carbonyl (C=O) groups is 2. The van der Waals surface area contributed by atoms with Gasteiger partial charge in [-0.2, -0.15) is 0 Å². The summed E-state index contributed by atoms with van der Waals surface area (Å²) in [6.07, 6.45) is 0.586. The third-order valence-electron chi connectivity index (χ3n) is 2.67. The van der Waals surface area contributed by atoms with Crippen molar-refractivity contribution in [1.82, 2.24) is 5.32 Å². The largest absolute Gasteiger partial charge is 0.507 e. The summed E-state index contributed by atoms with van der Waals surface area (Å²) in [5, 5.41) is 20.9. The van der Waals surface area contributed by atoms with E-state index in [2.05, 4.69) is 21.2 Å². The first-order valence-electron chi connectivity index (χ1n) is 5.88. The van der Waals surface area contributed by atoms with Crippen LogP contribution in [0.2, 0.25) is 0 Å². The van der Waals surface area contributed by atoms with E-state index in [0.29, 0.717) is 17.4 Å². The monoisotopic (exact) mass is 329 g/mol. The van der Waals surface area contributed by atoms with Crippen LogP contribution >= 0.6 is 15.9 Å².